The SMILES string of the molecule is CN=C(NCCc1ccccc1F)NCc1cccc(Cn2ccnc2C)c1. The van der Waals surface area contributed by atoms with Crippen LogP contribution in [-0.2, 0) is 19.5 Å². The molecule has 0 bridgehead atoms. The predicted molar refractivity (Wildman–Crippen MR) is 111 cm³/mol. The average molecular weight is 379 g/mol. The van der Waals surface area contributed by atoms with Crippen LogP contribution < -0.4 is 10.6 Å². The minimum atomic E-state index is -0.169. The fourth-order valence-corrected chi connectivity index (χ4v) is 3.03. The van der Waals surface area contributed by atoms with Crippen molar-refractivity contribution in [3.63, 3.8) is 0 Å². The summed E-state index contributed by atoms with van der Waals surface area (Å²) in [5.41, 5.74) is 3.10. The van der Waals surface area contributed by atoms with Gasteiger partial charge in [0.15, 0.2) is 5.96 Å². The van der Waals surface area contributed by atoms with Crippen LogP contribution in [0.1, 0.15) is 22.5 Å². The largest absolute Gasteiger partial charge is 0.356 e. The van der Waals surface area contributed by atoms with Gasteiger partial charge >= 0.3 is 0 Å². The molecule has 1 aromatic heterocycles. The molecule has 0 aliphatic heterocycles. The number of nitrogens with one attached hydrogen (secondary N) is 2. The maximum atomic E-state index is 13.7. The topological polar surface area (TPSA) is 54.2 Å². The number of aromatic nitrogens is 2. The van der Waals surface area contributed by atoms with Crippen LogP contribution in [0.25, 0.3) is 0 Å². The Balaban J connectivity index is 1.50. The summed E-state index contributed by atoms with van der Waals surface area (Å²) in [4.78, 5) is 8.50. The van der Waals surface area contributed by atoms with Crippen molar-refractivity contribution in [1.29, 1.82) is 0 Å². The third-order valence-electron chi connectivity index (χ3n) is 4.60. The lowest BCUT2D eigenvalue weighted by Gasteiger charge is -2.13. The molecule has 0 amide bonds. The molecule has 3 aromatic rings. The van der Waals surface area contributed by atoms with E-state index in [-0.39, 0.29) is 5.82 Å². The molecule has 0 aliphatic carbocycles. The highest BCUT2D eigenvalue weighted by atomic mass is 19.1. The first-order valence-electron chi connectivity index (χ1n) is 9.39. The van der Waals surface area contributed by atoms with Crippen molar-refractivity contribution in [2.75, 3.05) is 13.6 Å². The second-order valence-electron chi connectivity index (χ2n) is 6.62. The molecule has 0 unspecified atom stereocenters. The number of guanidine groups is 1. The van der Waals surface area contributed by atoms with Gasteiger partial charge in [-0.3, -0.25) is 4.99 Å². The fourth-order valence-electron chi connectivity index (χ4n) is 3.03. The van der Waals surface area contributed by atoms with E-state index >= 15 is 0 Å². The molecule has 0 atom stereocenters. The Morgan fingerprint density at radius 2 is 1.93 bits per heavy atom. The Morgan fingerprint density at radius 1 is 1.11 bits per heavy atom. The number of imidazole rings is 1. The summed E-state index contributed by atoms with van der Waals surface area (Å²) in [5, 5.41) is 6.54. The summed E-state index contributed by atoms with van der Waals surface area (Å²) in [5.74, 6) is 1.53. The van der Waals surface area contributed by atoms with E-state index in [1.165, 1.54) is 17.2 Å². The summed E-state index contributed by atoms with van der Waals surface area (Å²) >= 11 is 0. The van der Waals surface area contributed by atoms with E-state index < -0.39 is 0 Å². The first-order valence-corrected chi connectivity index (χ1v) is 9.39. The van der Waals surface area contributed by atoms with E-state index in [1.54, 1.807) is 19.2 Å². The number of aryl methyl sites for hydroxylation is 1. The number of nitrogens with zero attached hydrogens (tertiary/aromatic N) is 3. The van der Waals surface area contributed by atoms with Gasteiger partial charge in [-0.25, -0.2) is 9.37 Å². The zero-order valence-corrected chi connectivity index (χ0v) is 16.3. The maximum Gasteiger partial charge on any atom is 0.191 e. The number of hydrogen-bond acceptors (Lipinski definition) is 2. The van der Waals surface area contributed by atoms with Gasteiger partial charge in [-0.05, 0) is 36.1 Å². The molecule has 146 valence electrons. The summed E-state index contributed by atoms with van der Waals surface area (Å²) in [6, 6.07) is 15.3. The Hall–Kier alpha value is -3.15. The third-order valence-corrected chi connectivity index (χ3v) is 4.60. The molecule has 6 heteroatoms. The van der Waals surface area contributed by atoms with Gasteiger partial charge in [-0.15, -0.1) is 0 Å². The Labute approximate surface area is 165 Å². The molecule has 0 radical (unpaired) electrons. The van der Waals surface area contributed by atoms with Crippen molar-refractivity contribution in [3.8, 4) is 0 Å². The Morgan fingerprint density at radius 3 is 2.68 bits per heavy atom. The minimum Gasteiger partial charge on any atom is -0.356 e. The number of aliphatic imine (C=N–C) groups is 1. The second kappa shape index (κ2) is 9.69. The molecule has 2 aromatic carbocycles. The van der Waals surface area contributed by atoms with Gasteiger partial charge in [-0.2, -0.15) is 0 Å². The van der Waals surface area contributed by atoms with Gasteiger partial charge in [-0.1, -0.05) is 42.5 Å². The number of halogens is 1. The maximum absolute atomic E-state index is 13.7. The summed E-state index contributed by atoms with van der Waals surface area (Å²) < 4.78 is 15.8. The number of benzene rings is 2. The van der Waals surface area contributed by atoms with Crippen molar-refractivity contribution < 1.29 is 4.39 Å². The van der Waals surface area contributed by atoms with Crippen LogP contribution in [0.4, 0.5) is 4.39 Å². The van der Waals surface area contributed by atoms with Crippen LogP contribution in [0.3, 0.4) is 0 Å². The lowest BCUT2D eigenvalue weighted by Crippen LogP contribution is -2.37. The molecular formula is C22H26FN5. The molecule has 0 saturated carbocycles. The van der Waals surface area contributed by atoms with E-state index in [2.05, 4.69) is 49.4 Å². The van der Waals surface area contributed by atoms with Gasteiger partial charge in [0.2, 0.25) is 0 Å². The molecule has 5 nitrogen and oxygen atoms in total. The highest BCUT2D eigenvalue weighted by molar-refractivity contribution is 5.79. The molecule has 0 spiro atoms. The van der Waals surface area contributed by atoms with Gasteiger partial charge in [0, 0.05) is 39.1 Å². The Kier molecular flexibility index (Phi) is 6.78. The van der Waals surface area contributed by atoms with Crippen LogP contribution in [0.2, 0.25) is 0 Å². The van der Waals surface area contributed by atoms with Crippen molar-refractivity contribution in [3.05, 3.63) is 89.3 Å². The highest BCUT2D eigenvalue weighted by Gasteiger charge is 2.04. The van der Waals surface area contributed by atoms with Crippen molar-refractivity contribution >= 4 is 5.96 Å². The van der Waals surface area contributed by atoms with Gasteiger partial charge in [0.25, 0.3) is 0 Å². The highest BCUT2D eigenvalue weighted by Crippen LogP contribution is 2.09. The van der Waals surface area contributed by atoms with Gasteiger partial charge in [0.05, 0.1) is 0 Å². The van der Waals surface area contributed by atoms with Crippen molar-refractivity contribution in [1.82, 2.24) is 20.2 Å². The number of hydrogen-bond donors (Lipinski definition) is 2. The quantitative estimate of drug-likeness (QED) is 0.489. The molecule has 28 heavy (non-hydrogen) atoms. The monoisotopic (exact) mass is 379 g/mol. The van der Waals surface area contributed by atoms with Gasteiger partial charge < -0.3 is 15.2 Å². The molecule has 0 saturated heterocycles. The van der Waals surface area contributed by atoms with E-state index in [0.29, 0.717) is 31.0 Å². The summed E-state index contributed by atoms with van der Waals surface area (Å²) in [6.45, 7) is 4.08. The molecule has 0 aliphatic rings. The van der Waals surface area contributed by atoms with Crippen molar-refractivity contribution in [2.24, 2.45) is 4.99 Å². The van der Waals surface area contributed by atoms with Crippen LogP contribution in [0, 0.1) is 12.7 Å². The normalized spacial score (nSPS) is 11.5. The third kappa shape index (κ3) is 5.42. The summed E-state index contributed by atoms with van der Waals surface area (Å²) in [7, 11) is 1.73. The molecule has 3 rings (SSSR count). The molecule has 1 heterocycles. The standard InChI is InChI=1S/C22H26FN5/c1-17-25-12-13-28(17)16-19-7-5-6-18(14-19)15-27-22(24-2)26-11-10-20-8-3-4-9-21(20)23/h3-9,12-14H,10-11,15-16H2,1-2H3,(H2,24,26,27). The second-order valence-corrected chi connectivity index (χ2v) is 6.62. The first-order chi connectivity index (χ1) is 13.7. The predicted octanol–water partition coefficient (Wildman–Crippen LogP) is 3.29. The van der Waals surface area contributed by atoms with E-state index in [1.807, 2.05) is 25.4 Å². The fraction of sp³-hybridized carbons (Fsp3) is 0.273. The molecule has 2 N–H and O–H groups in total. The van der Waals surface area contributed by atoms with Gasteiger partial charge in [0.1, 0.15) is 11.6 Å². The van der Waals surface area contributed by atoms with Crippen molar-refractivity contribution in [2.45, 2.75) is 26.4 Å². The van der Waals surface area contributed by atoms with Crippen LogP contribution >= 0.6 is 0 Å². The zero-order chi connectivity index (χ0) is 19.8. The average Bonchev–Trinajstić information content (AvgIpc) is 3.10. The van der Waals surface area contributed by atoms with Crippen LogP contribution in [-0.4, -0.2) is 29.1 Å². The van der Waals surface area contributed by atoms with E-state index in [4.69, 9.17) is 0 Å². The zero-order valence-electron chi connectivity index (χ0n) is 16.3. The van der Waals surface area contributed by atoms with E-state index in [0.717, 1.165) is 12.4 Å². The minimum absolute atomic E-state index is 0.169. The Bertz CT molecular complexity index is 932. The number of rotatable bonds is 7. The molecular weight excluding hydrogens is 353 g/mol. The first kappa shape index (κ1) is 19.6. The lowest BCUT2D eigenvalue weighted by molar-refractivity contribution is 0.606. The smallest absolute Gasteiger partial charge is 0.191 e. The summed E-state index contributed by atoms with van der Waals surface area (Å²) in [6.07, 6.45) is 4.41. The molecule has 0 fully saturated rings. The van der Waals surface area contributed by atoms with E-state index in [9.17, 15) is 4.39 Å². The van der Waals surface area contributed by atoms with Crippen LogP contribution in [0.15, 0.2) is 65.9 Å². The van der Waals surface area contributed by atoms with Crippen LogP contribution in [0.5, 0.6) is 0 Å². The lowest BCUT2D eigenvalue weighted by atomic mass is 10.1.